The first-order valence-corrected chi connectivity index (χ1v) is 7.91. The number of nitrogens with one attached hydrogen (secondary N) is 1. The highest BCUT2D eigenvalue weighted by molar-refractivity contribution is 7.18. The van der Waals surface area contributed by atoms with Gasteiger partial charge in [-0.1, -0.05) is 24.3 Å². The molecular weight excluding hydrogens is 280 g/mol. The van der Waals surface area contributed by atoms with Crippen LogP contribution >= 0.6 is 11.3 Å². The second-order valence-electron chi connectivity index (χ2n) is 5.11. The van der Waals surface area contributed by atoms with Crippen LogP contribution in [0, 0.1) is 0 Å². The van der Waals surface area contributed by atoms with E-state index < -0.39 is 0 Å². The zero-order valence-electron chi connectivity index (χ0n) is 11.9. The van der Waals surface area contributed by atoms with Crippen LogP contribution in [-0.2, 0) is 6.42 Å². The van der Waals surface area contributed by atoms with Crippen molar-refractivity contribution >= 4 is 21.6 Å². The summed E-state index contributed by atoms with van der Waals surface area (Å²) in [5.41, 5.74) is 2.29. The number of nitrogens with zero attached hydrogens (tertiary/aromatic N) is 1. The molecule has 3 rings (SSSR count). The summed E-state index contributed by atoms with van der Waals surface area (Å²) in [6.07, 6.45) is 0.940. The molecule has 1 unspecified atom stereocenters. The fourth-order valence-corrected chi connectivity index (χ4v) is 3.25. The average molecular weight is 298 g/mol. The molecule has 3 nitrogen and oxygen atoms in total. The lowest BCUT2D eigenvalue weighted by Gasteiger charge is -2.10. The minimum Gasteiger partial charge on any atom is -0.508 e. The Morgan fingerprint density at radius 2 is 1.90 bits per heavy atom. The summed E-state index contributed by atoms with van der Waals surface area (Å²) >= 11 is 1.75. The van der Waals surface area contributed by atoms with Gasteiger partial charge in [0.1, 0.15) is 10.8 Å². The van der Waals surface area contributed by atoms with Crippen LogP contribution in [0.3, 0.4) is 0 Å². The quantitative estimate of drug-likeness (QED) is 0.751. The maximum Gasteiger partial charge on any atom is 0.115 e. The summed E-state index contributed by atoms with van der Waals surface area (Å²) in [6, 6.07) is 15.9. The SMILES string of the molecule is CC(NCCc1ccc(O)cc1)c1nc2ccccc2s1. The minimum atomic E-state index is 0.250. The first-order valence-electron chi connectivity index (χ1n) is 7.09. The number of rotatable bonds is 5. The molecular formula is C17H18N2OS. The van der Waals surface area contributed by atoms with Crippen molar-refractivity contribution in [3.63, 3.8) is 0 Å². The van der Waals surface area contributed by atoms with Gasteiger partial charge in [-0.25, -0.2) is 4.98 Å². The van der Waals surface area contributed by atoms with Crippen LogP contribution in [0.5, 0.6) is 5.75 Å². The van der Waals surface area contributed by atoms with Crippen molar-refractivity contribution in [2.24, 2.45) is 0 Å². The molecule has 0 fully saturated rings. The Kier molecular flexibility index (Phi) is 4.18. The van der Waals surface area contributed by atoms with E-state index in [0.29, 0.717) is 5.75 Å². The number of aromatic hydroxyl groups is 1. The molecule has 108 valence electrons. The van der Waals surface area contributed by atoms with Gasteiger partial charge in [-0.2, -0.15) is 0 Å². The molecule has 4 heteroatoms. The smallest absolute Gasteiger partial charge is 0.115 e. The van der Waals surface area contributed by atoms with Gasteiger partial charge in [0, 0.05) is 0 Å². The third-order valence-corrected chi connectivity index (χ3v) is 4.70. The largest absolute Gasteiger partial charge is 0.508 e. The van der Waals surface area contributed by atoms with E-state index in [1.54, 1.807) is 23.5 Å². The van der Waals surface area contributed by atoms with Crippen molar-refractivity contribution in [1.82, 2.24) is 10.3 Å². The normalized spacial score (nSPS) is 12.6. The minimum absolute atomic E-state index is 0.250. The van der Waals surface area contributed by atoms with E-state index in [-0.39, 0.29) is 6.04 Å². The number of hydrogen-bond donors (Lipinski definition) is 2. The van der Waals surface area contributed by atoms with Gasteiger partial charge >= 0.3 is 0 Å². The van der Waals surface area contributed by atoms with Gasteiger partial charge in [-0.3, -0.25) is 0 Å². The van der Waals surface area contributed by atoms with Crippen molar-refractivity contribution in [2.45, 2.75) is 19.4 Å². The van der Waals surface area contributed by atoms with Gasteiger partial charge in [0.05, 0.1) is 16.3 Å². The van der Waals surface area contributed by atoms with E-state index in [1.165, 1.54) is 10.3 Å². The number of hydrogen-bond acceptors (Lipinski definition) is 4. The molecule has 1 atom stereocenters. The molecule has 1 heterocycles. The maximum absolute atomic E-state index is 9.27. The van der Waals surface area contributed by atoms with Crippen LogP contribution in [0.4, 0.5) is 0 Å². The van der Waals surface area contributed by atoms with Crippen molar-refractivity contribution in [3.05, 3.63) is 59.1 Å². The third kappa shape index (κ3) is 3.40. The van der Waals surface area contributed by atoms with Crippen LogP contribution < -0.4 is 5.32 Å². The van der Waals surface area contributed by atoms with Crippen molar-refractivity contribution in [3.8, 4) is 5.75 Å². The summed E-state index contributed by atoms with van der Waals surface area (Å²) in [5, 5.41) is 13.9. The number of benzene rings is 2. The molecule has 0 saturated carbocycles. The second-order valence-corrected chi connectivity index (χ2v) is 6.17. The van der Waals surface area contributed by atoms with E-state index in [2.05, 4.69) is 29.4 Å². The lowest BCUT2D eigenvalue weighted by molar-refractivity contribution is 0.475. The molecule has 21 heavy (non-hydrogen) atoms. The zero-order chi connectivity index (χ0) is 14.7. The van der Waals surface area contributed by atoms with Gasteiger partial charge < -0.3 is 10.4 Å². The average Bonchev–Trinajstić information content (AvgIpc) is 2.93. The van der Waals surface area contributed by atoms with Crippen molar-refractivity contribution < 1.29 is 5.11 Å². The molecule has 0 radical (unpaired) electrons. The van der Waals surface area contributed by atoms with E-state index >= 15 is 0 Å². The van der Waals surface area contributed by atoms with E-state index in [9.17, 15) is 5.11 Å². The Morgan fingerprint density at radius 1 is 1.14 bits per heavy atom. The van der Waals surface area contributed by atoms with Crippen LogP contribution in [-0.4, -0.2) is 16.6 Å². The van der Waals surface area contributed by atoms with Crippen molar-refractivity contribution in [1.29, 1.82) is 0 Å². The van der Waals surface area contributed by atoms with Crippen LogP contribution in [0.1, 0.15) is 23.5 Å². The number of aromatic nitrogens is 1. The second kappa shape index (κ2) is 6.24. The highest BCUT2D eigenvalue weighted by Crippen LogP contribution is 2.25. The highest BCUT2D eigenvalue weighted by atomic mass is 32.1. The summed E-state index contributed by atoms with van der Waals surface area (Å²) in [6.45, 7) is 3.04. The van der Waals surface area contributed by atoms with Gasteiger partial charge in [0.2, 0.25) is 0 Å². The Morgan fingerprint density at radius 3 is 2.67 bits per heavy atom. The van der Waals surface area contributed by atoms with Gasteiger partial charge in [-0.05, 0) is 49.7 Å². The van der Waals surface area contributed by atoms with Gasteiger partial charge in [0.25, 0.3) is 0 Å². The first kappa shape index (κ1) is 14.0. The topological polar surface area (TPSA) is 45.1 Å². The monoisotopic (exact) mass is 298 g/mol. The number of para-hydroxylation sites is 1. The molecule has 0 aliphatic carbocycles. The van der Waals surface area contributed by atoms with Crippen LogP contribution in [0.25, 0.3) is 10.2 Å². The van der Waals surface area contributed by atoms with E-state index in [1.807, 2.05) is 24.3 Å². The summed E-state index contributed by atoms with van der Waals surface area (Å²) in [7, 11) is 0. The van der Waals surface area contributed by atoms with Gasteiger partial charge in [-0.15, -0.1) is 11.3 Å². The highest BCUT2D eigenvalue weighted by Gasteiger charge is 2.10. The Labute approximate surface area is 128 Å². The molecule has 1 aromatic heterocycles. The molecule has 2 aromatic carbocycles. The fraction of sp³-hybridized carbons (Fsp3) is 0.235. The fourth-order valence-electron chi connectivity index (χ4n) is 2.26. The van der Waals surface area contributed by atoms with Crippen LogP contribution in [0.15, 0.2) is 48.5 Å². The van der Waals surface area contributed by atoms with Crippen LogP contribution in [0.2, 0.25) is 0 Å². The molecule has 3 aromatic rings. The summed E-state index contributed by atoms with van der Waals surface area (Å²) in [4.78, 5) is 4.67. The lowest BCUT2D eigenvalue weighted by atomic mass is 10.1. The Hall–Kier alpha value is -1.91. The van der Waals surface area contributed by atoms with Crippen molar-refractivity contribution in [2.75, 3.05) is 6.54 Å². The lowest BCUT2D eigenvalue weighted by Crippen LogP contribution is -2.21. The van der Waals surface area contributed by atoms with E-state index in [4.69, 9.17) is 0 Å². The third-order valence-electron chi connectivity index (χ3n) is 3.48. The number of phenolic OH excluding ortho intramolecular Hbond substituents is 1. The number of fused-ring (bicyclic) bond motifs is 1. The van der Waals surface area contributed by atoms with E-state index in [0.717, 1.165) is 23.5 Å². The molecule has 0 amide bonds. The predicted molar refractivity (Wildman–Crippen MR) is 87.8 cm³/mol. The first-order chi connectivity index (χ1) is 10.2. The Balaban J connectivity index is 1.58. The summed E-state index contributed by atoms with van der Waals surface area (Å²) in [5.74, 6) is 0.314. The maximum atomic E-state index is 9.27. The standard InChI is InChI=1S/C17H18N2OS/c1-12(17-19-15-4-2-3-5-16(15)21-17)18-11-10-13-6-8-14(20)9-7-13/h2-9,12,18,20H,10-11H2,1H3. The Bertz CT molecular complexity index is 688. The number of thiazole rings is 1. The molecule has 0 aliphatic heterocycles. The molecule has 0 saturated heterocycles. The van der Waals surface area contributed by atoms with Gasteiger partial charge in [0.15, 0.2) is 0 Å². The summed E-state index contributed by atoms with van der Waals surface area (Å²) < 4.78 is 1.24. The molecule has 0 aliphatic rings. The zero-order valence-corrected chi connectivity index (χ0v) is 12.7. The number of phenols is 1. The molecule has 0 spiro atoms. The molecule has 0 bridgehead atoms. The molecule has 2 N–H and O–H groups in total. The predicted octanol–water partition coefficient (Wildman–Crippen LogP) is 3.90.